The summed E-state index contributed by atoms with van der Waals surface area (Å²) in [6, 6.07) is -5.86. The van der Waals surface area contributed by atoms with Gasteiger partial charge in [0.05, 0.1) is 26.0 Å². The van der Waals surface area contributed by atoms with E-state index in [9.17, 15) is 29.1 Å². The molecule has 15 nitrogen and oxygen atoms in total. The largest absolute Gasteiger partial charge is 0.480 e. The Bertz CT molecular complexity index is 785. The van der Waals surface area contributed by atoms with Crippen LogP contribution < -0.4 is 27.4 Å². The number of amides is 4. The normalized spacial score (nSPS) is 14.5. The van der Waals surface area contributed by atoms with Gasteiger partial charge in [-0.05, 0) is 0 Å². The molecule has 0 fully saturated rings. The van der Waals surface area contributed by atoms with Gasteiger partial charge >= 0.3 is 5.97 Å². The van der Waals surface area contributed by atoms with E-state index in [0.717, 1.165) is 0 Å². The van der Waals surface area contributed by atoms with Crippen molar-refractivity contribution in [3.8, 4) is 0 Å². The zero-order valence-electron chi connectivity index (χ0n) is 16.3. The highest BCUT2D eigenvalue weighted by Crippen LogP contribution is 2.02. The number of H-pyrrole nitrogens is 1. The molecule has 172 valence electrons. The summed E-state index contributed by atoms with van der Waals surface area (Å²) >= 11 is 0. The third kappa shape index (κ3) is 8.37. The zero-order chi connectivity index (χ0) is 23.6. The lowest BCUT2D eigenvalue weighted by atomic mass is 10.1. The number of aliphatic hydroxyl groups excluding tert-OH is 2. The van der Waals surface area contributed by atoms with E-state index in [2.05, 4.69) is 25.9 Å². The molecule has 0 aromatic carbocycles. The molecule has 11 N–H and O–H groups in total. The topological polar surface area (TPSA) is 263 Å². The Hall–Kier alpha value is -3.56. The number of aliphatic hydroxyl groups is 2. The summed E-state index contributed by atoms with van der Waals surface area (Å²) < 4.78 is 0. The third-order valence-electron chi connectivity index (χ3n) is 3.98. The molecule has 0 aliphatic carbocycles. The number of hydrogen-bond donors (Lipinski definition) is 9. The highest BCUT2D eigenvalue weighted by atomic mass is 16.4. The predicted molar refractivity (Wildman–Crippen MR) is 102 cm³/mol. The third-order valence-corrected chi connectivity index (χ3v) is 3.98. The first-order valence-electron chi connectivity index (χ1n) is 8.95. The van der Waals surface area contributed by atoms with Crippen LogP contribution >= 0.6 is 0 Å². The Labute approximate surface area is 175 Å². The zero-order valence-corrected chi connectivity index (χ0v) is 16.3. The minimum absolute atomic E-state index is 0.164. The van der Waals surface area contributed by atoms with Crippen LogP contribution in [-0.2, 0) is 30.4 Å². The van der Waals surface area contributed by atoms with Crippen LogP contribution in [0, 0.1) is 0 Å². The fourth-order valence-corrected chi connectivity index (χ4v) is 2.33. The van der Waals surface area contributed by atoms with Gasteiger partial charge in [-0.15, -0.1) is 0 Å². The first kappa shape index (κ1) is 25.5. The van der Waals surface area contributed by atoms with Crippen molar-refractivity contribution in [3.63, 3.8) is 0 Å². The van der Waals surface area contributed by atoms with E-state index in [1.807, 2.05) is 0 Å². The molecule has 4 unspecified atom stereocenters. The standard InChI is InChI=1S/C16H25N7O8/c17-8(4-24)13(27)23-11(5-25)15(29)21-9(1-7-3-19-6-20-7)14(28)22-10(16(30)31)2-12(18)26/h3,6,8-11,24-25H,1-2,4-5,17H2,(H2,18,26)(H,19,20)(H,21,29)(H,22,28)(H,23,27)(H,30,31). The quantitative estimate of drug-likeness (QED) is 0.140. The Morgan fingerprint density at radius 1 is 0.968 bits per heavy atom. The van der Waals surface area contributed by atoms with Crippen molar-refractivity contribution in [2.75, 3.05) is 13.2 Å². The minimum atomic E-state index is -1.64. The Morgan fingerprint density at radius 2 is 1.55 bits per heavy atom. The second kappa shape index (κ2) is 12.2. The van der Waals surface area contributed by atoms with E-state index in [1.54, 1.807) is 0 Å². The lowest BCUT2D eigenvalue weighted by molar-refractivity contribution is -0.143. The smallest absolute Gasteiger partial charge is 0.326 e. The fraction of sp³-hybridized carbons (Fsp3) is 0.500. The van der Waals surface area contributed by atoms with Crippen molar-refractivity contribution >= 4 is 29.6 Å². The summed E-state index contributed by atoms with van der Waals surface area (Å²) in [5.41, 5.74) is 10.7. The Balaban J connectivity index is 2.97. The van der Waals surface area contributed by atoms with Crippen LogP contribution in [0.25, 0.3) is 0 Å². The van der Waals surface area contributed by atoms with Crippen molar-refractivity contribution in [1.82, 2.24) is 25.9 Å². The molecule has 0 aliphatic rings. The van der Waals surface area contributed by atoms with Crippen LogP contribution in [0.4, 0.5) is 0 Å². The molecule has 0 bridgehead atoms. The molecule has 1 aromatic heterocycles. The van der Waals surface area contributed by atoms with E-state index < -0.39 is 73.4 Å². The van der Waals surface area contributed by atoms with Crippen LogP contribution in [0.3, 0.4) is 0 Å². The van der Waals surface area contributed by atoms with Gasteiger partial charge in [0.15, 0.2) is 0 Å². The van der Waals surface area contributed by atoms with Crippen LogP contribution in [0.15, 0.2) is 12.5 Å². The van der Waals surface area contributed by atoms with E-state index in [0.29, 0.717) is 5.69 Å². The van der Waals surface area contributed by atoms with Gasteiger partial charge in [0, 0.05) is 18.3 Å². The highest BCUT2D eigenvalue weighted by molar-refractivity contribution is 5.95. The molecule has 1 heterocycles. The number of aromatic nitrogens is 2. The SMILES string of the molecule is NC(=O)CC(NC(=O)C(Cc1cnc[nH]1)NC(=O)C(CO)NC(=O)C(N)CO)C(=O)O. The molecular formula is C16H25N7O8. The number of aromatic amines is 1. The van der Waals surface area contributed by atoms with Crippen LogP contribution in [0.2, 0.25) is 0 Å². The van der Waals surface area contributed by atoms with Gasteiger partial charge in [0.2, 0.25) is 23.6 Å². The first-order valence-corrected chi connectivity index (χ1v) is 8.95. The number of nitrogens with two attached hydrogens (primary N) is 2. The number of hydrogen-bond acceptors (Lipinski definition) is 9. The molecule has 31 heavy (non-hydrogen) atoms. The number of carboxylic acid groups (broad SMARTS) is 1. The molecular weight excluding hydrogens is 418 g/mol. The Kier molecular flexibility index (Phi) is 10.0. The van der Waals surface area contributed by atoms with E-state index in [1.165, 1.54) is 12.5 Å². The summed E-state index contributed by atoms with van der Waals surface area (Å²) in [6.45, 7) is -1.56. The van der Waals surface area contributed by atoms with Crippen molar-refractivity contribution in [2.24, 2.45) is 11.5 Å². The molecule has 1 aromatic rings. The molecule has 1 rings (SSSR count). The van der Waals surface area contributed by atoms with Crippen molar-refractivity contribution in [3.05, 3.63) is 18.2 Å². The van der Waals surface area contributed by atoms with Crippen LogP contribution in [-0.4, -0.2) is 92.3 Å². The molecule has 0 saturated carbocycles. The van der Waals surface area contributed by atoms with Gasteiger partial charge in [0.25, 0.3) is 0 Å². The van der Waals surface area contributed by atoms with Gasteiger partial charge in [-0.3, -0.25) is 19.2 Å². The molecule has 0 spiro atoms. The van der Waals surface area contributed by atoms with Gasteiger partial charge in [-0.2, -0.15) is 0 Å². The molecule has 0 aliphatic heterocycles. The van der Waals surface area contributed by atoms with E-state index in [-0.39, 0.29) is 6.42 Å². The molecule has 4 atom stereocenters. The number of imidazole rings is 1. The van der Waals surface area contributed by atoms with Crippen LogP contribution in [0.1, 0.15) is 12.1 Å². The lowest BCUT2D eigenvalue weighted by Gasteiger charge is -2.23. The summed E-state index contributed by atoms with van der Waals surface area (Å²) in [7, 11) is 0. The van der Waals surface area contributed by atoms with Gasteiger partial charge in [-0.1, -0.05) is 0 Å². The maximum atomic E-state index is 12.6. The second-order valence-electron chi connectivity index (χ2n) is 6.44. The summed E-state index contributed by atoms with van der Waals surface area (Å²) in [5.74, 6) is -5.35. The monoisotopic (exact) mass is 443 g/mol. The maximum absolute atomic E-state index is 12.6. The molecule has 15 heteroatoms. The van der Waals surface area contributed by atoms with Crippen molar-refractivity contribution in [2.45, 2.75) is 37.0 Å². The first-order chi connectivity index (χ1) is 14.6. The summed E-state index contributed by atoms with van der Waals surface area (Å²) in [6.07, 6.45) is 1.82. The number of carboxylic acids is 1. The average Bonchev–Trinajstić information content (AvgIpc) is 3.22. The minimum Gasteiger partial charge on any atom is -0.480 e. The Morgan fingerprint density at radius 3 is 2.03 bits per heavy atom. The fourth-order valence-electron chi connectivity index (χ4n) is 2.33. The highest BCUT2D eigenvalue weighted by Gasteiger charge is 2.31. The number of nitrogens with one attached hydrogen (secondary N) is 4. The van der Waals surface area contributed by atoms with Crippen LogP contribution in [0.5, 0.6) is 0 Å². The number of primary amides is 1. The number of carbonyl (C=O) groups excluding carboxylic acids is 4. The van der Waals surface area contributed by atoms with Crippen molar-refractivity contribution in [1.29, 1.82) is 0 Å². The average molecular weight is 443 g/mol. The van der Waals surface area contributed by atoms with Gasteiger partial charge in [-0.25, -0.2) is 9.78 Å². The number of carbonyl (C=O) groups is 5. The molecule has 0 radical (unpaired) electrons. The summed E-state index contributed by atoms with van der Waals surface area (Å²) in [4.78, 5) is 65.6. The molecule has 4 amide bonds. The van der Waals surface area contributed by atoms with E-state index >= 15 is 0 Å². The number of nitrogens with zero attached hydrogens (tertiary/aromatic N) is 1. The lowest BCUT2D eigenvalue weighted by Crippen LogP contribution is -2.59. The predicted octanol–water partition coefficient (Wildman–Crippen LogP) is -5.32. The van der Waals surface area contributed by atoms with Crippen molar-refractivity contribution < 1.29 is 39.3 Å². The van der Waals surface area contributed by atoms with E-state index in [4.69, 9.17) is 21.7 Å². The second-order valence-corrected chi connectivity index (χ2v) is 6.44. The summed E-state index contributed by atoms with van der Waals surface area (Å²) in [5, 5.41) is 33.9. The maximum Gasteiger partial charge on any atom is 0.326 e. The van der Waals surface area contributed by atoms with Gasteiger partial charge in [0.1, 0.15) is 24.2 Å². The number of rotatable bonds is 13. The molecule has 0 saturated heterocycles. The van der Waals surface area contributed by atoms with Gasteiger partial charge < -0.3 is 47.7 Å². The number of aliphatic carboxylic acids is 1.